The fourth-order valence-electron chi connectivity index (χ4n) is 5.02. The van der Waals surface area contributed by atoms with E-state index in [0.29, 0.717) is 5.56 Å². The predicted molar refractivity (Wildman–Crippen MR) is 126 cm³/mol. The summed E-state index contributed by atoms with van der Waals surface area (Å²) in [6.45, 7) is 2.64. The van der Waals surface area contributed by atoms with Crippen LogP contribution in [0, 0.1) is 11.6 Å². The molecule has 0 aliphatic carbocycles. The average molecular weight is 470 g/mol. The van der Waals surface area contributed by atoms with Gasteiger partial charge in [0.2, 0.25) is 5.82 Å². The number of hydrogen-bond acceptors (Lipinski definition) is 6. The van der Waals surface area contributed by atoms with Gasteiger partial charge in [0, 0.05) is 37.5 Å². The topological polar surface area (TPSA) is 89.3 Å². The molecule has 34 heavy (non-hydrogen) atoms. The summed E-state index contributed by atoms with van der Waals surface area (Å²) in [6.07, 6.45) is 9.32. The van der Waals surface area contributed by atoms with Crippen molar-refractivity contribution in [2.45, 2.75) is 37.8 Å². The third-order valence-corrected chi connectivity index (χ3v) is 6.84. The van der Waals surface area contributed by atoms with E-state index in [1.165, 1.54) is 12.1 Å². The molecule has 0 bridgehead atoms. The monoisotopic (exact) mass is 469 g/mol. The maximum Gasteiger partial charge on any atom is 0.359 e. The molecule has 1 unspecified atom stereocenters. The molecule has 0 amide bonds. The Morgan fingerprint density at radius 1 is 1.26 bits per heavy atom. The fourth-order valence-corrected chi connectivity index (χ4v) is 5.02. The number of aromatic amines is 1. The Balaban J connectivity index is 1.48. The normalized spacial score (nSPS) is 19.7. The maximum atomic E-state index is 14.5. The highest BCUT2D eigenvalue weighted by molar-refractivity contribution is 5.72. The second-order valence-electron chi connectivity index (χ2n) is 8.90. The molecule has 0 spiro atoms. The van der Waals surface area contributed by atoms with Crippen molar-refractivity contribution in [1.29, 1.82) is 0 Å². The largest absolute Gasteiger partial charge is 0.386 e. The maximum absolute atomic E-state index is 14.5. The molecule has 180 valence electrons. The van der Waals surface area contributed by atoms with Gasteiger partial charge in [-0.1, -0.05) is 0 Å². The molecule has 2 saturated heterocycles. The third kappa shape index (κ3) is 4.30. The van der Waals surface area contributed by atoms with E-state index in [4.69, 9.17) is 10.8 Å². The number of halogens is 2. The molecule has 10 heteroatoms. The van der Waals surface area contributed by atoms with Crippen LogP contribution in [0.4, 0.5) is 14.6 Å². The summed E-state index contributed by atoms with van der Waals surface area (Å²) in [5.41, 5.74) is 2.82. The predicted octanol–water partition coefficient (Wildman–Crippen LogP) is 2.21. The van der Waals surface area contributed by atoms with Crippen LogP contribution in [0.5, 0.6) is 0 Å². The Bertz CT molecular complexity index is 1190. The molecule has 2 aliphatic rings. The summed E-state index contributed by atoms with van der Waals surface area (Å²) in [5, 5.41) is 11.6. The van der Waals surface area contributed by atoms with Crippen LogP contribution in [-0.4, -0.2) is 47.8 Å². The van der Waals surface area contributed by atoms with Gasteiger partial charge in [-0.25, -0.2) is 19.7 Å². The zero-order valence-corrected chi connectivity index (χ0v) is 19.3. The molecule has 5 N–H and O–H groups in total. The summed E-state index contributed by atoms with van der Waals surface area (Å²) in [4.78, 5) is 6.98. The van der Waals surface area contributed by atoms with E-state index in [1.807, 2.05) is 36.2 Å². The van der Waals surface area contributed by atoms with Gasteiger partial charge in [0.25, 0.3) is 0 Å². The zero-order chi connectivity index (χ0) is 23.7. The number of nitrogens with one attached hydrogen (secondary N) is 3. The quantitative estimate of drug-likeness (QED) is 0.252. The van der Waals surface area contributed by atoms with Crippen molar-refractivity contribution in [2.24, 2.45) is 5.84 Å². The second kappa shape index (κ2) is 9.55. The smallest absolute Gasteiger partial charge is 0.359 e. The van der Waals surface area contributed by atoms with Crippen molar-refractivity contribution in [3.8, 4) is 0 Å². The minimum atomic E-state index is -0.431. The highest BCUT2D eigenvalue weighted by atomic mass is 19.1. The van der Waals surface area contributed by atoms with Gasteiger partial charge in [-0.05, 0) is 62.0 Å². The number of hydrogen-bond donors (Lipinski definition) is 4. The zero-order valence-electron chi connectivity index (χ0n) is 19.3. The minimum absolute atomic E-state index is 0.258. The van der Waals surface area contributed by atoms with E-state index in [0.717, 1.165) is 74.1 Å². The molecule has 0 saturated carbocycles. The first-order valence-corrected chi connectivity index (χ1v) is 11.8. The van der Waals surface area contributed by atoms with Crippen molar-refractivity contribution in [2.75, 3.05) is 31.6 Å². The Morgan fingerprint density at radius 3 is 2.88 bits per heavy atom. The first kappa shape index (κ1) is 22.5. The number of H-pyrrole nitrogens is 1. The number of nitrogens with zero attached hydrogens (tertiary/aromatic N) is 4. The van der Waals surface area contributed by atoms with Gasteiger partial charge in [-0.15, -0.1) is 4.52 Å². The van der Waals surface area contributed by atoms with Crippen LogP contribution in [0.3, 0.4) is 0 Å². The number of fused-ring (bicyclic) bond motifs is 1. The van der Waals surface area contributed by atoms with Crippen molar-refractivity contribution in [3.63, 3.8) is 0 Å². The number of rotatable bonds is 6. The van der Waals surface area contributed by atoms with Gasteiger partial charge >= 0.3 is 5.65 Å². The SMILES string of the molecule is CNC(=CN(N)C1CCNCC1)c1c[nH][n+]2ccc(N3CCCC3c3cc(F)ccc3F)nc12. The number of aromatic nitrogens is 3. The van der Waals surface area contributed by atoms with E-state index < -0.39 is 11.6 Å². The molecule has 3 aromatic rings. The van der Waals surface area contributed by atoms with E-state index in [-0.39, 0.29) is 12.1 Å². The van der Waals surface area contributed by atoms with Crippen LogP contribution in [-0.2, 0) is 0 Å². The molecule has 2 aliphatic heterocycles. The van der Waals surface area contributed by atoms with Crippen LogP contribution in [0.15, 0.2) is 42.9 Å². The number of benzene rings is 1. The van der Waals surface area contributed by atoms with Gasteiger partial charge in [-0.2, -0.15) is 0 Å². The van der Waals surface area contributed by atoms with E-state index in [1.54, 1.807) is 5.01 Å². The number of hydrazine groups is 1. The molecule has 0 radical (unpaired) electrons. The molecule has 1 aromatic carbocycles. The number of piperidine rings is 1. The van der Waals surface area contributed by atoms with Gasteiger partial charge < -0.3 is 20.5 Å². The Morgan fingerprint density at radius 2 is 2.09 bits per heavy atom. The number of nitrogens with two attached hydrogens (primary N) is 1. The van der Waals surface area contributed by atoms with E-state index in [2.05, 4.69) is 20.6 Å². The molecule has 5 rings (SSSR count). The van der Waals surface area contributed by atoms with E-state index >= 15 is 0 Å². The lowest BCUT2D eigenvalue weighted by Crippen LogP contribution is -2.44. The Labute approximate surface area is 197 Å². The lowest BCUT2D eigenvalue weighted by molar-refractivity contribution is -0.578. The molecule has 2 aromatic heterocycles. The Kier molecular flexibility index (Phi) is 6.34. The van der Waals surface area contributed by atoms with Crippen molar-refractivity contribution in [3.05, 3.63) is 65.6 Å². The van der Waals surface area contributed by atoms with Gasteiger partial charge in [0.1, 0.15) is 23.4 Å². The first-order valence-electron chi connectivity index (χ1n) is 11.8. The molecule has 1 atom stereocenters. The van der Waals surface area contributed by atoms with Crippen molar-refractivity contribution >= 4 is 17.2 Å². The van der Waals surface area contributed by atoms with Crippen LogP contribution in [0.2, 0.25) is 0 Å². The average Bonchev–Trinajstić information content (AvgIpc) is 3.51. The number of anilines is 1. The summed E-state index contributed by atoms with van der Waals surface area (Å²) < 4.78 is 30.3. The molecular formula is C24H31F2N8+. The lowest BCUT2D eigenvalue weighted by atomic mass is 10.0. The van der Waals surface area contributed by atoms with Gasteiger partial charge in [0.15, 0.2) is 0 Å². The molecule has 4 heterocycles. The Hall–Kier alpha value is -3.24. The highest BCUT2D eigenvalue weighted by Crippen LogP contribution is 2.36. The lowest BCUT2D eigenvalue weighted by Gasteiger charge is -2.30. The molecule has 8 nitrogen and oxygen atoms in total. The molecular weight excluding hydrogens is 438 g/mol. The summed E-state index contributed by atoms with van der Waals surface area (Å²) in [5.74, 6) is 6.30. The minimum Gasteiger partial charge on any atom is -0.386 e. The summed E-state index contributed by atoms with van der Waals surface area (Å²) >= 11 is 0. The fraction of sp³-hybridized carbons (Fsp3) is 0.417. The van der Waals surface area contributed by atoms with Gasteiger partial charge in [-0.3, -0.25) is 0 Å². The van der Waals surface area contributed by atoms with Crippen LogP contribution >= 0.6 is 0 Å². The summed E-state index contributed by atoms with van der Waals surface area (Å²) in [6, 6.07) is 5.57. The third-order valence-electron chi connectivity index (χ3n) is 6.84. The molecule has 2 fully saturated rings. The summed E-state index contributed by atoms with van der Waals surface area (Å²) in [7, 11) is 1.86. The van der Waals surface area contributed by atoms with Crippen molar-refractivity contribution in [1.82, 2.24) is 25.7 Å². The van der Waals surface area contributed by atoms with Crippen LogP contribution in [0.25, 0.3) is 11.3 Å². The van der Waals surface area contributed by atoms with Crippen LogP contribution < -0.4 is 25.9 Å². The first-order chi connectivity index (χ1) is 16.5. The van der Waals surface area contributed by atoms with E-state index in [9.17, 15) is 8.78 Å². The standard InChI is InChI=1S/C24H30F2N8/c1-28-21(15-33(27)17-6-9-29-10-7-17)19-14-30-34-12-8-23(31-24(19)34)32-11-2-3-22(32)18-13-16(25)4-5-20(18)26/h4-5,8,12-15,17,22,28-29H,2-3,6-7,9-11,27H2,1H3/p+1. The van der Waals surface area contributed by atoms with Crippen LogP contribution in [0.1, 0.15) is 42.9 Å². The van der Waals surface area contributed by atoms with Crippen molar-refractivity contribution < 1.29 is 13.3 Å². The highest BCUT2D eigenvalue weighted by Gasteiger charge is 2.33. The second-order valence-corrected chi connectivity index (χ2v) is 8.90. The van der Waals surface area contributed by atoms with Gasteiger partial charge in [0.05, 0.1) is 17.9 Å².